The number of benzene rings is 1. The molecule has 1 aromatic heterocycles. The zero-order valence-corrected chi connectivity index (χ0v) is 13.3. The Labute approximate surface area is 136 Å². The number of thiophene rings is 1. The maximum Gasteiger partial charge on any atom is 0.258 e. The van der Waals surface area contributed by atoms with Gasteiger partial charge in [-0.1, -0.05) is 29.8 Å². The molecule has 0 fully saturated rings. The van der Waals surface area contributed by atoms with Crippen LogP contribution in [0.3, 0.4) is 0 Å². The summed E-state index contributed by atoms with van der Waals surface area (Å²) in [7, 11) is 0. The second-order valence-corrected chi connectivity index (χ2v) is 6.34. The average molecular weight is 339 g/mol. The first-order valence-electron chi connectivity index (χ1n) is 6.44. The molecule has 1 aliphatic rings. The van der Waals surface area contributed by atoms with Gasteiger partial charge in [-0.2, -0.15) is 5.10 Å². The van der Waals surface area contributed by atoms with Crippen LogP contribution >= 0.6 is 34.5 Å². The maximum atomic E-state index is 12.0. The molecule has 0 N–H and O–H groups in total. The van der Waals surface area contributed by atoms with E-state index in [0.717, 1.165) is 16.2 Å². The van der Waals surface area contributed by atoms with E-state index in [1.54, 1.807) is 11.3 Å². The summed E-state index contributed by atoms with van der Waals surface area (Å²) in [5, 5.41) is 8.66. The summed E-state index contributed by atoms with van der Waals surface area (Å²) in [6.45, 7) is 0. The lowest BCUT2D eigenvalue weighted by Gasteiger charge is -2.19. The van der Waals surface area contributed by atoms with Crippen molar-refractivity contribution in [3.8, 4) is 0 Å². The predicted octanol–water partition coefficient (Wildman–Crippen LogP) is 4.32. The Kier molecular flexibility index (Phi) is 4.29. The van der Waals surface area contributed by atoms with Gasteiger partial charge in [0.05, 0.1) is 11.8 Å². The fourth-order valence-electron chi connectivity index (χ4n) is 2.32. The third-order valence-electron chi connectivity index (χ3n) is 3.33. The topological polar surface area (TPSA) is 32.7 Å². The van der Waals surface area contributed by atoms with Crippen LogP contribution in [0.2, 0.25) is 5.02 Å². The van der Waals surface area contributed by atoms with Gasteiger partial charge < -0.3 is 0 Å². The minimum absolute atomic E-state index is 0.0677. The Bertz CT molecular complexity index is 667. The molecular formula is C15H12Cl2N2OS. The number of alkyl halides is 1. The summed E-state index contributed by atoms with van der Waals surface area (Å²) >= 11 is 13.2. The molecule has 2 heterocycles. The van der Waals surface area contributed by atoms with Crippen molar-refractivity contribution >= 4 is 46.2 Å². The number of hydrogen-bond acceptors (Lipinski definition) is 3. The number of hydrazone groups is 1. The number of amides is 1. The highest BCUT2D eigenvalue weighted by Gasteiger charge is 2.33. The van der Waals surface area contributed by atoms with Crippen LogP contribution in [0.1, 0.15) is 22.9 Å². The van der Waals surface area contributed by atoms with E-state index in [-0.39, 0.29) is 17.8 Å². The molecule has 3 nitrogen and oxygen atoms in total. The second kappa shape index (κ2) is 6.18. The first-order valence-corrected chi connectivity index (χ1v) is 8.23. The quantitative estimate of drug-likeness (QED) is 0.767. The Balaban J connectivity index is 1.93. The van der Waals surface area contributed by atoms with Gasteiger partial charge in [-0.25, -0.2) is 5.01 Å². The van der Waals surface area contributed by atoms with Crippen LogP contribution in [-0.4, -0.2) is 22.5 Å². The number of carbonyl (C=O) groups is 1. The van der Waals surface area contributed by atoms with Crippen molar-refractivity contribution in [1.82, 2.24) is 5.01 Å². The van der Waals surface area contributed by atoms with Gasteiger partial charge in [-0.05, 0) is 29.1 Å². The molecule has 6 heteroatoms. The van der Waals surface area contributed by atoms with Crippen molar-refractivity contribution in [3.63, 3.8) is 0 Å². The molecule has 1 unspecified atom stereocenters. The van der Waals surface area contributed by atoms with E-state index in [1.165, 1.54) is 5.01 Å². The third-order valence-corrected chi connectivity index (χ3v) is 4.78. The molecule has 0 bridgehead atoms. The van der Waals surface area contributed by atoms with Gasteiger partial charge >= 0.3 is 0 Å². The predicted molar refractivity (Wildman–Crippen MR) is 87.2 cm³/mol. The Morgan fingerprint density at radius 2 is 2.10 bits per heavy atom. The van der Waals surface area contributed by atoms with E-state index in [9.17, 15) is 4.79 Å². The van der Waals surface area contributed by atoms with Gasteiger partial charge in [0.25, 0.3) is 5.91 Å². The van der Waals surface area contributed by atoms with Crippen LogP contribution in [0.5, 0.6) is 0 Å². The molecule has 1 aliphatic heterocycles. The van der Waals surface area contributed by atoms with E-state index in [0.29, 0.717) is 11.4 Å². The van der Waals surface area contributed by atoms with Gasteiger partial charge in [0.15, 0.2) is 0 Å². The molecule has 1 aromatic carbocycles. The first-order chi connectivity index (χ1) is 10.2. The van der Waals surface area contributed by atoms with E-state index in [4.69, 9.17) is 23.2 Å². The van der Waals surface area contributed by atoms with Crippen LogP contribution in [0, 0.1) is 0 Å². The fraction of sp³-hybridized carbons (Fsp3) is 0.200. The fourth-order valence-corrected chi connectivity index (χ4v) is 3.38. The second-order valence-electron chi connectivity index (χ2n) is 4.66. The van der Waals surface area contributed by atoms with Gasteiger partial charge in [0.2, 0.25) is 0 Å². The lowest BCUT2D eigenvalue weighted by Crippen LogP contribution is -2.27. The molecule has 1 amide bonds. The van der Waals surface area contributed by atoms with Crippen molar-refractivity contribution < 1.29 is 4.79 Å². The van der Waals surface area contributed by atoms with Crippen molar-refractivity contribution in [2.75, 3.05) is 5.88 Å². The molecule has 0 saturated heterocycles. The SMILES string of the molecule is O=C(CCl)N1N=C(c2ccc(Cl)cc2)CC1c1cccs1. The highest BCUT2D eigenvalue weighted by Crippen LogP contribution is 2.35. The van der Waals surface area contributed by atoms with E-state index in [2.05, 4.69) is 5.10 Å². The summed E-state index contributed by atoms with van der Waals surface area (Å²) in [6, 6.07) is 11.4. The average Bonchev–Trinajstić information content (AvgIpc) is 3.16. The van der Waals surface area contributed by atoms with Crippen LogP contribution in [0.25, 0.3) is 0 Å². The van der Waals surface area contributed by atoms with E-state index in [1.807, 2.05) is 41.8 Å². The highest BCUT2D eigenvalue weighted by atomic mass is 35.5. The summed E-state index contributed by atoms with van der Waals surface area (Å²) in [4.78, 5) is 13.1. The number of carbonyl (C=O) groups excluding carboxylic acids is 1. The Morgan fingerprint density at radius 1 is 1.33 bits per heavy atom. The van der Waals surface area contributed by atoms with Gasteiger partial charge in [-0.15, -0.1) is 22.9 Å². The normalized spacial score (nSPS) is 17.9. The molecular weight excluding hydrogens is 327 g/mol. The summed E-state index contributed by atoms with van der Waals surface area (Å²) in [6.07, 6.45) is 0.685. The summed E-state index contributed by atoms with van der Waals surface area (Å²) < 4.78 is 0. The minimum Gasteiger partial charge on any atom is -0.272 e. The monoisotopic (exact) mass is 338 g/mol. The maximum absolute atomic E-state index is 12.0. The number of hydrogen-bond donors (Lipinski definition) is 0. The van der Waals surface area contributed by atoms with Gasteiger partial charge in [-0.3, -0.25) is 4.79 Å². The Morgan fingerprint density at radius 3 is 2.71 bits per heavy atom. The van der Waals surface area contributed by atoms with Crippen molar-refractivity contribution in [2.45, 2.75) is 12.5 Å². The summed E-state index contributed by atoms with van der Waals surface area (Å²) in [5.74, 6) is -0.252. The molecule has 0 spiro atoms. The number of halogens is 2. The van der Waals surface area contributed by atoms with Gasteiger partial charge in [0.1, 0.15) is 5.88 Å². The molecule has 21 heavy (non-hydrogen) atoms. The lowest BCUT2D eigenvalue weighted by molar-refractivity contribution is -0.130. The van der Waals surface area contributed by atoms with Crippen molar-refractivity contribution in [2.24, 2.45) is 5.10 Å². The molecule has 0 aliphatic carbocycles. The number of nitrogens with zero attached hydrogens (tertiary/aromatic N) is 2. The van der Waals surface area contributed by atoms with E-state index < -0.39 is 0 Å². The largest absolute Gasteiger partial charge is 0.272 e. The van der Waals surface area contributed by atoms with Crippen LogP contribution in [0.4, 0.5) is 0 Å². The lowest BCUT2D eigenvalue weighted by atomic mass is 10.0. The smallest absolute Gasteiger partial charge is 0.258 e. The van der Waals surface area contributed by atoms with Crippen LogP contribution < -0.4 is 0 Å². The highest BCUT2D eigenvalue weighted by molar-refractivity contribution is 7.10. The van der Waals surface area contributed by atoms with Gasteiger partial charge in [0, 0.05) is 16.3 Å². The van der Waals surface area contributed by atoms with Crippen LogP contribution in [-0.2, 0) is 4.79 Å². The number of rotatable bonds is 3. The minimum atomic E-state index is -0.181. The standard InChI is InChI=1S/C15H12Cl2N2OS/c16-9-15(20)19-13(14-2-1-7-21-14)8-12(18-19)10-3-5-11(17)6-4-10/h1-7,13H,8-9H2. The molecule has 3 rings (SSSR count). The molecule has 1 atom stereocenters. The Hall–Kier alpha value is -1.36. The first kappa shape index (κ1) is 14.6. The van der Waals surface area contributed by atoms with Crippen molar-refractivity contribution in [1.29, 1.82) is 0 Å². The molecule has 0 saturated carbocycles. The summed E-state index contributed by atoms with van der Waals surface area (Å²) in [5.41, 5.74) is 1.86. The van der Waals surface area contributed by atoms with E-state index >= 15 is 0 Å². The van der Waals surface area contributed by atoms with Crippen molar-refractivity contribution in [3.05, 3.63) is 57.2 Å². The van der Waals surface area contributed by atoms with Crippen LogP contribution in [0.15, 0.2) is 46.9 Å². The zero-order chi connectivity index (χ0) is 14.8. The molecule has 108 valence electrons. The molecule has 2 aromatic rings. The zero-order valence-electron chi connectivity index (χ0n) is 11.0. The third kappa shape index (κ3) is 2.98. The molecule has 0 radical (unpaired) electrons.